The number of hydrogen-bond donors (Lipinski definition) is 3. The summed E-state index contributed by atoms with van der Waals surface area (Å²) in [6.45, 7) is 0. The fourth-order valence-electron chi connectivity index (χ4n) is 4.15. The lowest BCUT2D eigenvalue weighted by Gasteiger charge is -2.13. The number of urea groups is 1. The van der Waals surface area contributed by atoms with Crippen LogP contribution < -0.4 is 16.4 Å². The predicted octanol–water partition coefficient (Wildman–Crippen LogP) is 4.32. The molecule has 1 fully saturated rings. The molecule has 2 amide bonds. The van der Waals surface area contributed by atoms with Crippen LogP contribution in [0.2, 0.25) is 0 Å². The molecule has 0 spiro atoms. The van der Waals surface area contributed by atoms with Crippen LogP contribution in [0.3, 0.4) is 0 Å². The Balaban J connectivity index is 1.39. The van der Waals surface area contributed by atoms with Crippen LogP contribution in [0.15, 0.2) is 54.7 Å². The summed E-state index contributed by atoms with van der Waals surface area (Å²) >= 11 is 0. The molecule has 0 unspecified atom stereocenters. The second-order valence-electron chi connectivity index (χ2n) is 8.30. The Morgan fingerprint density at radius 3 is 2.60 bits per heavy atom. The number of nitrogens with one attached hydrogen (secondary N) is 2. The first-order valence-electron chi connectivity index (χ1n) is 11.2. The number of carbonyl (C=O) groups is 1. The third-order valence-electron chi connectivity index (χ3n) is 5.95. The van der Waals surface area contributed by atoms with Crippen molar-refractivity contribution in [2.24, 2.45) is 0 Å². The van der Waals surface area contributed by atoms with E-state index in [4.69, 9.17) is 5.73 Å². The number of halogens is 2. The highest BCUT2D eigenvalue weighted by molar-refractivity contribution is 5.90. The topological polar surface area (TPSA) is 124 Å². The Morgan fingerprint density at radius 1 is 1.06 bits per heavy atom. The van der Waals surface area contributed by atoms with Crippen molar-refractivity contribution in [3.63, 3.8) is 0 Å². The molecule has 0 aliphatic heterocycles. The standard InChI is InChI=1S/C24H22F2N8O/c25-19-6-3-7-20(21(19)26)34-23(31-32-33-34)18-12-15(13-28-22(18)27)14-8-10-17(11-9-14)30-24(35)29-16-4-1-2-5-16/h3,6-13,16H,1-2,4-5H2,(H2,27,28)(H2,29,30,35). The first-order chi connectivity index (χ1) is 17.0. The highest BCUT2D eigenvalue weighted by Crippen LogP contribution is 2.30. The summed E-state index contributed by atoms with van der Waals surface area (Å²) in [6, 6.07) is 12.7. The van der Waals surface area contributed by atoms with Gasteiger partial charge in [0.15, 0.2) is 17.5 Å². The molecule has 1 aliphatic carbocycles. The number of nitrogens with zero attached hydrogens (tertiary/aromatic N) is 5. The van der Waals surface area contributed by atoms with E-state index in [1.54, 1.807) is 24.4 Å². The summed E-state index contributed by atoms with van der Waals surface area (Å²) in [6.07, 6.45) is 5.88. The van der Waals surface area contributed by atoms with Crippen LogP contribution in [0.5, 0.6) is 0 Å². The van der Waals surface area contributed by atoms with Gasteiger partial charge in [-0.15, -0.1) is 5.10 Å². The van der Waals surface area contributed by atoms with E-state index in [2.05, 4.69) is 31.1 Å². The van der Waals surface area contributed by atoms with Gasteiger partial charge in [0.2, 0.25) is 0 Å². The van der Waals surface area contributed by atoms with Crippen molar-refractivity contribution in [2.75, 3.05) is 11.1 Å². The lowest BCUT2D eigenvalue weighted by Crippen LogP contribution is -2.36. The molecule has 0 saturated heterocycles. The number of benzene rings is 2. The van der Waals surface area contributed by atoms with Gasteiger partial charge < -0.3 is 16.4 Å². The predicted molar refractivity (Wildman–Crippen MR) is 127 cm³/mol. The molecule has 11 heteroatoms. The monoisotopic (exact) mass is 476 g/mol. The Kier molecular flexibility index (Phi) is 6.04. The summed E-state index contributed by atoms with van der Waals surface area (Å²) in [5, 5.41) is 17.2. The van der Waals surface area contributed by atoms with Crippen molar-refractivity contribution < 1.29 is 13.6 Å². The fraction of sp³-hybridized carbons (Fsp3) is 0.208. The van der Waals surface area contributed by atoms with E-state index < -0.39 is 11.6 Å². The van der Waals surface area contributed by atoms with Crippen molar-refractivity contribution in [1.82, 2.24) is 30.5 Å². The van der Waals surface area contributed by atoms with E-state index in [1.807, 2.05) is 12.1 Å². The number of nitrogens with two attached hydrogens (primary N) is 1. The Hall–Kier alpha value is -4.41. The maximum Gasteiger partial charge on any atom is 0.319 e. The molecule has 178 valence electrons. The van der Waals surface area contributed by atoms with Gasteiger partial charge in [0.05, 0.1) is 5.56 Å². The number of anilines is 2. The van der Waals surface area contributed by atoms with Crippen molar-refractivity contribution >= 4 is 17.5 Å². The molecule has 2 heterocycles. The molecule has 4 aromatic rings. The normalized spacial score (nSPS) is 13.7. The van der Waals surface area contributed by atoms with Crippen molar-refractivity contribution in [3.8, 4) is 28.2 Å². The largest absolute Gasteiger partial charge is 0.383 e. The maximum absolute atomic E-state index is 14.4. The molecule has 9 nitrogen and oxygen atoms in total. The molecule has 2 aromatic carbocycles. The number of carbonyl (C=O) groups excluding carboxylic acids is 1. The SMILES string of the molecule is Nc1ncc(-c2ccc(NC(=O)NC3CCCC3)cc2)cc1-c1nnnn1-c1cccc(F)c1F. The van der Waals surface area contributed by atoms with Crippen LogP contribution in [0.1, 0.15) is 25.7 Å². The smallest absolute Gasteiger partial charge is 0.319 e. The molecule has 2 aromatic heterocycles. The number of nitrogen functional groups attached to an aromatic ring is 1. The Labute approximate surface area is 199 Å². The molecule has 4 N–H and O–H groups in total. The van der Waals surface area contributed by atoms with Crippen LogP contribution >= 0.6 is 0 Å². The summed E-state index contributed by atoms with van der Waals surface area (Å²) in [5.74, 6) is -1.86. The summed E-state index contributed by atoms with van der Waals surface area (Å²) < 4.78 is 29.2. The van der Waals surface area contributed by atoms with Crippen LogP contribution in [0.25, 0.3) is 28.2 Å². The van der Waals surface area contributed by atoms with Gasteiger partial charge in [0.1, 0.15) is 11.5 Å². The summed E-state index contributed by atoms with van der Waals surface area (Å²) in [5.41, 5.74) is 8.43. The van der Waals surface area contributed by atoms with Gasteiger partial charge in [0, 0.05) is 23.5 Å². The van der Waals surface area contributed by atoms with E-state index in [0.29, 0.717) is 16.8 Å². The number of aromatic nitrogens is 5. The second kappa shape index (κ2) is 9.45. The molecule has 5 rings (SSSR count). The number of hydrogen-bond acceptors (Lipinski definition) is 6. The van der Waals surface area contributed by atoms with Crippen LogP contribution in [-0.4, -0.2) is 37.3 Å². The van der Waals surface area contributed by atoms with E-state index >= 15 is 0 Å². The third-order valence-corrected chi connectivity index (χ3v) is 5.95. The van der Waals surface area contributed by atoms with Crippen LogP contribution in [0, 0.1) is 11.6 Å². The second-order valence-corrected chi connectivity index (χ2v) is 8.30. The lowest BCUT2D eigenvalue weighted by atomic mass is 10.0. The molecule has 0 bridgehead atoms. The molecule has 1 saturated carbocycles. The molecule has 0 radical (unpaired) electrons. The fourth-order valence-corrected chi connectivity index (χ4v) is 4.15. The average molecular weight is 476 g/mol. The average Bonchev–Trinajstić information content (AvgIpc) is 3.54. The molecule has 1 aliphatic rings. The highest BCUT2D eigenvalue weighted by Gasteiger charge is 2.20. The number of rotatable bonds is 5. The minimum absolute atomic E-state index is 0.114. The van der Waals surface area contributed by atoms with Gasteiger partial charge in [-0.1, -0.05) is 31.0 Å². The number of amides is 2. The quantitative estimate of drug-likeness (QED) is 0.394. The van der Waals surface area contributed by atoms with E-state index in [1.165, 1.54) is 12.1 Å². The van der Waals surface area contributed by atoms with Crippen molar-refractivity contribution in [3.05, 3.63) is 66.4 Å². The zero-order chi connectivity index (χ0) is 24.4. The van der Waals surface area contributed by atoms with Crippen molar-refractivity contribution in [2.45, 2.75) is 31.7 Å². The van der Waals surface area contributed by atoms with Crippen molar-refractivity contribution in [1.29, 1.82) is 0 Å². The van der Waals surface area contributed by atoms with Gasteiger partial charge in [-0.25, -0.2) is 18.6 Å². The van der Waals surface area contributed by atoms with Gasteiger partial charge in [-0.05, 0) is 59.2 Å². The lowest BCUT2D eigenvalue weighted by molar-refractivity contribution is 0.248. The molecular weight excluding hydrogens is 454 g/mol. The van der Waals surface area contributed by atoms with Crippen LogP contribution in [-0.2, 0) is 0 Å². The number of tetrazole rings is 1. The zero-order valence-electron chi connectivity index (χ0n) is 18.6. The number of pyridine rings is 1. The molecule has 0 atom stereocenters. The van der Waals surface area contributed by atoms with E-state index in [0.717, 1.165) is 42.0 Å². The van der Waals surface area contributed by atoms with E-state index in [9.17, 15) is 13.6 Å². The highest BCUT2D eigenvalue weighted by atomic mass is 19.2. The maximum atomic E-state index is 14.4. The Morgan fingerprint density at radius 2 is 1.83 bits per heavy atom. The van der Waals surface area contributed by atoms with E-state index in [-0.39, 0.29) is 29.4 Å². The minimum atomic E-state index is -1.08. The van der Waals surface area contributed by atoms with Gasteiger partial charge in [-0.3, -0.25) is 0 Å². The molecule has 35 heavy (non-hydrogen) atoms. The van der Waals surface area contributed by atoms with Gasteiger partial charge >= 0.3 is 6.03 Å². The van der Waals surface area contributed by atoms with Gasteiger partial charge in [-0.2, -0.15) is 4.68 Å². The summed E-state index contributed by atoms with van der Waals surface area (Å²) in [7, 11) is 0. The minimum Gasteiger partial charge on any atom is -0.383 e. The summed E-state index contributed by atoms with van der Waals surface area (Å²) in [4.78, 5) is 16.4. The Bertz CT molecular complexity index is 1370. The first-order valence-corrected chi connectivity index (χ1v) is 11.2. The first kappa shape index (κ1) is 22.4. The van der Waals surface area contributed by atoms with Gasteiger partial charge in [0.25, 0.3) is 0 Å². The van der Waals surface area contributed by atoms with Crippen LogP contribution in [0.4, 0.5) is 25.1 Å². The zero-order valence-corrected chi connectivity index (χ0v) is 18.6. The third kappa shape index (κ3) is 4.65. The molecular formula is C24H22F2N8O.